The maximum absolute atomic E-state index is 13.2. The number of hydrogen-bond donors (Lipinski definition) is 1. The van der Waals surface area contributed by atoms with Crippen molar-refractivity contribution in [1.82, 2.24) is 9.88 Å². The number of benzene rings is 1. The van der Waals surface area contributed by atoms with E-state index in [9.17, 15) is 14.0 Å². The van der Waals surface area contributed by atoms with Gasteiger partial charge in [-0.2, -0.15) is 0 Å². The van der Waals surface area contributed by atoms with Gasteiger partial charge in [-0.25, -0.2) is 9.18 Å². The van der Waals surface area contributed by atoms with E-state index in [1.165, 1.54) is 36.4 Å². The first-order valence-corrected chi connectivity index (χ1v) is 7.56. The number of carbonyl (C=O) groups excluding carboxylic acids is 1. The van der Waals surface area contributed by atoms with Crippen molar-refractivity contribution in [1.29, 1.82) is 0 Å². The average Bonchev–Trinajstić information content (AvgIpc) is 2.59. The number of ether oxygens (including phenoxy) is 1. The second kappa shape index (κ2) is 7.85. The van der Waals surface area contributed by atoms with Crippen LogP contribution in [-0.2, 0) is 4.74 Å². The van der Waals surface area contributed by atoms with Crippen molar-refractivity contribution in [2.75, 3.05) is 20.8 Å². The van der Waals surface area contributed by atoms with Crippen LogP contribution in [0.25, 0.3) is 0 Å². The van der Waals surface area contributed by atoms with E-state index in [0.717, 1.165) is 0 Å². The van der Waals surface area contributed by atoms with Crippen LogP contribution in [0.2, 0.25) is 0 Å². The molecule has 0 saturated carbocycles. The fourth-order valence-electron chi connectivity index (χ4n) is 2.47. The van der Waals surface area contributed by atoms with Crippen molar-refractivity contribution in [3.8, 4) is 0 Å². The van der Waals surface area contributed by atoms with E-state index in [2.05, 4.69) is 4.98 Å². The maximum atomic E-state index is 13.2. The molecule has 1 N–H and O–H groups in total. The Bertz CT molecular complexity index is 777. The Labute approximate surface area is 144 Å². The molecule has 0 aliphatic carbocycles. The summed E-state index contributed by atoms with van der Waals surface area (Å²) in [6.45, 7) is 1.84. The van der Waals surface area contributed by atoms with Gasteiger partial charge in [0, 0.05) is 20.4 Å². The van der Waals surface area contributed by atoms with E-state index < -0.39 is 12.0 Å². The van der Waals surface area contributed by atoms with Gasteiger partial charge in [0.15, 0.2) is 0 Å². The number of aryl methyl sites for hydroxylation is 1. The minimum Gasteiger partial charge on any atom is -0.478 e. The molecule has 25 heavy (non-hydrogen) atoms. The predicted molar refractivity (Wildman–Crippen MR) is 89.0 cm³/mol. The van der Waals surface area contributed by atoms with Gasteiger partial charge in [0.05, 0.1) is 29.5 Å². The van der Waals surface area contributed by atoms with Gasteiger partial charge in [-0.1, -0.05) is 12.1 Å². The van der Waals surface area contributed by atoms with Crippen molar-refractivity contribution in [3.05, 3.63) is 64.7 Å². The Morgan fingerprint density at radius 1 is 1.32 bits per heavy atom. The standard InChI is InChI=1S/C18H19FN2O4/c1-11-15(8-13(9-20-11)18(23)24)17(22)21(2)16(10-25-3)12-4-6-14(19)7-5-12/h4-9,16H,10H2,1-3H3,(H,23,24). The summed E-state index contributed by atoms with van der Waals surface area (Å²) in [5.74, 6) is -1.92. The Morgan fingerprint density at radius 2 is 1.96 bits per heavy atom. The molecule has 1 amide bonds. The van der Waals surface area contributed by atoms with Gasteiger partial charge in [-0.05, 0) is 30.7 Å². The average molecular weight is 346 g/mol. The monoisotopic (exact) mass is 346 g/mol. The molecule has 1 heterocycles. The summed E-state index contributed by atoms with van der Waals surface area (Å²) in [7, 11) is 3.09. The number of pyridine rings is 1. The Kier molecular flexibility index (Phi) is 5.82. The van der Waals surface area contributed by atoms with Crippen LogP contribution in [-0.4, -0.2) is 47.6 Å². The quantitative estimate of drug-likeness (QED) is 0.870. The highest BCUT2D eigenvalue weighted by atomic mass is 19.1. The van der Waals surface area contributed by atoms with E-state index in [-0.39, 0.29) is 29.5 Å². The van der Waals surface area contributed by atoms with E-state index in [1.54, 1.807) is 26.1 Å². The summed E-state index contributed by atoms with van der Waals surface area (Å²) < 4.78 is 18.3. The lowest BCUT2D eigenvalue weighted by Crippen LogP contribution is -2.34. The number of methoxy groups -OCH3 is 1. The fourth-order valence-corrected chi connectivity index (χ4v) is 2.47. The van der Waals surface area contributed by atoms with E-state index in [1.807, 2.05) is 0 Å². The van der Waals surface area contributed by atoms with Crippen LogP contribution in [0.5, 0.6) is 0 Å². The molecule has 1 aromatic carbocycles. The van der Waals surface area contributed by atoms with Crippen molar-refractivity contribution in [2.45, 2.75) is 13.0 Å². The highest BCUT2D eigenvalue weighted by molar-refractivity contribution is 5.98. The lowest BCUT2D eigenvalue weighted by Gasteiger charge is -2.28. The Balaban J connectivity index is 2.37. The maximum Gasteiger partial charge on any atom is 0.337 e. The number of aromatic nitrogens is 1. The van der Waals surface area contributed by atoms with Crippen molar-refractivity contribution < 1.29 is 23.8 Å². The zero-order chi connectivity index (χ0) is 18.6. The van der Waals surface area contributed by atoms with E-state index >= 15 is 0 Å². The predicted octanol–water partition coefficient (Wildman–Crippen LogP) is 2.69. The first-order chi connectivity index (χ1) is 11.8. The largest absolute Gasteiger partial charge is 0.478 e. The smallest absolute Gasteiger partial charge is 0.337 e. The van der Waals surface area contributed by atoms with E-state index in [0.29, 0.717) is 11.3 Å². The van der Waals surface area contributed by atoms with Gasteiger partial charge in [0.1, 0.15) is 5.82 Å². The molecule has 0 saturated heterocycles. The summed E-state index contributed by atoms with van der Waals surface area (Å²) in [4.78, 5) is 29.4. The number of halogens is 1. The third kappa shape index (κ3) is 4.19. The molecular weight excluding hydrogens is 327 g/mol. The summed E-state index contributed by atoms with van der Waals surface area (Å²) in [6.07, 6.45) is 1.21. The molecule has 1 aromatic heterocycles. The van der Waals surface area contributed by atoms with Gasteiger partial charge in [0.2, 0.25) is 0 Å². The van der Waals surface area contributed by atoms with Gasteiger partial charge in [-0.3, -0.25) is 9.78 Å². The molecule has 0 radical (unpaired) electrons. The van der Waals surface area contributed by atoms with Crippen LogP contribution >= 0.6 is 0 Å². The lowest BCUT2D eigenvalue weighted by atomic mass is 10.0. The van der Waals surface area contributed by atoms with Crippen LogP contribution in [0.4, 0.5) is 4.39 Å². The second-order valence-electron chi connectivity index (χ2n) is 5.60. The molecule has 2 rings (SSSR count). The molecule has 0 aliphatic heterocycles. The molecule has 0 aliphatic rings. The Hall–Kier alpha value is -2.80. The topological polar surface area (TPSA) is 79.7 Å². The molecule has 132 valence electrons. The molecule has 7 heteroatoms. The SMILES string of the molecule is COCC(c1ccc(F)cc1)N(C)C(=O)c1cc(C(=O)O)cnc1C. The Morgan fingerprint density at radius 3 is 2.52 bits per heavy atom. The summed E-state index contributed by atoms with van der Waals surface area (Å²) in [5.41, 5.74) is 1.27. The molecule has 6 nitrogen and oxygen atoms in total. The molecule has 0 spiro atoms. The summed E-state index contributed by atoms with van der Waals surface area (Å²) in [5, 5.41) is 9.10. The normalized spacial score (nSPS) is 11.8. The first kappa shape index (κ1) is 18.5. The van der Waals surface area contributed by atoms with Gasteiger partial charge < -0.3 is 14.7 Å². The van der Waals surface area contributed by atoms with Crippen LogP contribution in [0.1, 0.15) is 38.0 Å². The van der Waals surface area contributed by atoms with Crippen LogP contribution in [0.3, 0.4) is 0 Å². The minimum atomic E-state index is -1.16. The molecule has 1 atom stereocenters. The number of rotatable bonds is 6. The molecule has 2 aromatic rings. The highest BCUT2D eigenvalue weighted by Gasteiger charge is 2.25. The fraction of sp³-hybridized carbons (Fsp3) is 0.278. The highest BCUT2D eigenvalue weighted by Crippen LogP contribution is 2.23. The van der Waals surface area contributed by atoms with Crippen molar-refractivity contribution in [3.63, 3.8) is 0 Å². The molecular formula is C18H19FN2O4. The van der Waals surface area contributed by atoms with Gasteiger partial charge in [0.25, 0.3) is 5.91 Å². The minimum absolute atomic E-state index is 0.0626. The number of nitrogens with zero attached hydrogens (tertiary/aromatic N) is 2. The summed E-state index contributed by atoms with van der Waals surface area (Å²) in [6, 6.07) is 6.65. The zero-order valence-corrected chi connectivity index (χ0v) is 14.2. The molecule has 1 unspecified atom stereocenters. The van der Waals surface area contributed by atoms with E-state index in [4.69, 9.17) is 9.84 Å². The second-order valence-corrected chi connectivity index (χ2v) is 5.60. The van der Waals surface area contributed by atoms with Gasteiger partial charge in [-0.15, -0.1) is 0 Å². The number of carboxylic acid groups (broad SMARTS) is 1. The van der Waals surface area contributed by atoms with Crippen LogP contribution in [0.15, 0.2) is 36.5 Å². The summed E-state index contributed by atoms with van der Waals surface area (Å²) >= 11 is 0. The van der Waals surface area contributed by atoms with Crippen molar-refractivity contribution in [2.24, 2.45) is 0 Å². The number of carboxylic acids is 1. The van der Waals surface area contributed by atoms with Gasteiger partial charge >= 0.3 is 5.97 Å². The number of aromatic carboxylic acids is 1. The number of amides is 1. The third-order valence-corrected chi connectivity index (χ3v) is 3.93. The molecule has 0 fully saturated rings. The number of likely N-dealkylation sites (N-methyl/N-ethyl adjacent to an activating group) is 1. The van der Waals surface area contributed by atoms with Crippen LogP contribution < -0.4 is 0 Å². The number of carbonyl (C=O) groups is 2. The first-order valence-electron chi connectivity index (χ1n) is 7.56. The molecule has 0 bridgehead atoms. The van der Waals surface area contributed by atoms with Crippen LogP contribution in [0, 0.1) is 12.7 Å². The number of hydrogen-bond acceptors (Lipinski definition) is 4. The third-order valence-electron chi connectivity index (χ3n) is 3.93. The van der Waals surface area contributed by atoms with Crippen molar-refractivity contribution >= 4 is 11.9 Å². The zero-order valence-electron chi connectivity index (χ0n) is 14.2. The lowest BCUT2D eigenvalue weighted by molar-refractivity contribution is 0.0601.